The molecule has 0 aliphatic carbocycles. The van der Waals surface area contributed by atoms with Gasteiger partial charge in [0, 0.05) is 31.8 Å². The van der Waals surface area contributed by atoms with Crippen LogP contribution in [0.4, 0.5) is 17.1 Å². The Hall–Kier alpha value is -2.94. The van der Waals surface area contributed by atoms with E-state index in [1.54, 1.807) is 6.92 Å². The van der Waals surface area contributed by atoms with Gasteiger partial charge < -0.3 is 5.32 Å². The quantitative estimate of drug-likeness (QED) is 0.649. The first-order valence-electron chi connectivity index (χ1n) is 7.24. The second-order valence-corrected chi connectivity index (χ2v) is 7.38. The fourth-order valence-electron chi connectivity index (χ4n) is 2.25. The molecule has 2 aromatic rings. The van der Waals surface area contributed by atoms with Crippen molar-refractivity contribution in [1.82, 2.24) is 0 Å². The number of nitro benzene ring substituents is 1. The average Bonchev–Trinajstić information content (AvgIpc) is 2.54. The SMILES string of the molecule is CC(=O)Nc1ccc(S(=O)(=O)N(C)c2cc([N+](=O)[O-])ccc2C)cc1. The molecule has 0 aliphatic rings. The fraction of sp³-hybridized carbons (Fsp3) is 0.188. The van der Waals surface area contributed by atoms with Gasteiger partial charge in [-0.2, -0.15) is 0 Å². The van der Waals surface area contributed by atoms with Crippen LogP contribution in [0.25, 0.3) is 0 Å². The van der Waals surface area contributed by atoms with Crippen LogP contribution in [0.3, 0.4) is 0 Å². The van der Waals surface area contributed by atoms with Crippen LogP contribution in [0.15, 0.2) is 47.4 Å². The summed E-state index contributed by atoms with van der Waals surface area (Å²) in [6.07, 6.45) is 0. The normalized spacial score (nSPS) is 11.0. The van der Waals surface area contributed by atoms with Gasteiger partial charge in [-0.15, -0.1) is 0 Å². The minimum atomic E-state index is -3.90. The predicted molar refractivity (Wildman–Crippen MR) is 94.2 cm³/mol. The summed E-state index contributed by atoms with van der Waals surface area (Å²) in [5.41, 5.74) is 1.09. The van der Waals surface area contributed by atoms with Crippen LogP contribution in [-0.2, 0) is 14.8 Å². The zero-order valence-corrected chi connectivity index (χ0v) is 14.7. The second kappa shape index (κ2) is 6.89. The number of aryl methyl sites for hydroxylation is 1. The molecule has 0 aliphatic heterocycles. The molecule has 0 saturated carbocycles. The lowest BCUT2D eigenvalue weighted by Gasteiger charge is -2.21. The third kappa shape index (κ3) is 3.94. The second-order valence-electron chi connectivity index (χ2n) is 5.41. The summed E-state index contributed by atoms with van der Waals surface area (Å²) >= 11 is 0. The van der Waals surface area contributed by atoms with Gasteiger partial charge in [0.05, 0.1) is 15.5 Å². The van der Waals surface area contributed by atoms with E-state index in [0.29, 0.717) is 11.3 Å². The van der Waals surface area contributed by atoms with Crippen LogP contribution in [0, 0.1) is 17.0 Å². The number of amides is 1. The Morgan fingerprint density at radius 1 is 1.16 bits per heavy atom. The van der Waals surface area contributed by atoms with Gasteiger partial charge >= 0.3 is 0 Å². The van der Waals surface area contributed by atoms with Crippen LogP contribution in [-0.4, -0.2) is 26.3 Å². The molecule has 0 fully saturated rings. The van der Waals surface area contributed by atoms with E-state index in [2.05, 4.69) is 5.32 Å². The molecule has 1 amide bonds. The zero-order chi connectivity index (χ0) is 18.8. The zero-order valence-electron chi connectivity index (χ0n) is 13.9. The lowest BCUT2D eigenvalue weighted by molar-refractivity contribution is -0.384. The number of sulfonamides is 1. The van der Waals surface area contributed by atoms with E-state index in [1.165, 1.54) is 56.4 Å². The van der Waals surface area contributed by atoms with Gasteiger partial charge in [0.25, 0.3) is 15.7 Å². The first-order valence-corrected chi connectivity index (χ1v) is 8.68. The van der Waals surface area contributed by atoms with E-state index in [0.717, 1.165) is 4.31 Å². The third-order valence-electron chi connectivity index (χ3n) is 3.58. The molecule has 0 saturated heterocycles. The Kier molecular flexibility index (Phi) is 5.07. The Morgan fingerprint density at radius 3 is 2.28 bits per heavy atom. The number of non-ortho nitro benzene ring substituents is 1. The molecule has 2 rings (SSSR count). The first kappa shape index (κ1) is 18.4. The molecule has 0 radical (unpaired) electrons. The smallest absolute Gasteiger partial charge is 0.271 e. The standard InChI is InChI=1S/C16H17N3O5S/c1-11-4-7-14(19(21)22)10-16(11)18(3)25(23,24)15-8-5-13(6-9-15)17-12(2)20/h4-10H,1-3H3,(H,17,20). The lowest BCUT2D eigenvalue weighted by atomic mass is 10.2. The van der Waals surface area contributed by atoms with Gasteiger partial charge in [-0.1, -0.05) is 6.07 Å². The monoisotopic (exact) mass is 363 g/mol. The highest BCUT2D eigenvalue weighted by atomic mass is 32.2. The van der Waals surface area contributed by atoms with Crippen molar-refractivity contribution in [2.24, 2.45) is 0 Å². The first-order chi connectivity index (χ1) is 11.6. The number of carbonyl (C=O) groups excluding carboxylic acids is 1. The molecule has 0 bridgehead atoms. The number of rotatable bonds is 5. The highest BCUT2D eigenvalue weighted by Crippen LogP contribution is 2.29. The summed E-state index contributed by atoms with van der Waals surface area (Å²) in [4.78, 5) is 21.4. The van der Waals surface area contributed by atoms with Crippen LogP contribution in [0.2, 0.25) is 0 Å². The lowest BCUT2D eigenvalue weighted by Crippen LogP contribution is -2.27. The van der Waals surface area contributed by atoms with Crippen molar-refractivity contribution < 1.29 is 18.1 Å². The molecule has 2 aromatic carbocycles. The Labute approximate surface area is 145 Å². The van der Waals surface area contributed by atoms with Gasteiger partial charge in [-0.25, -0.2) is 8.42 Å². The Bertz CT molecular complexity index is 923. The van der Waals surface area contributed by atoms with Crippen molar-refractivity contribution in [3.8, 4) is 0 Å². The largest absolute Gasteiger partial charge is 0.326 e. The van der Waals surface area contributed by atoms with Gasteiger partial charge in [-0.3, -0.25) is 19.2 Å². The van der Waals surface area contributed by atoms with Crippen molar-refractivity contribution in [2.75, 3.05) is 16.7 Å². The molecule has 132 valence electrons. The maximum absolute atomic E-state index is 12.8. The van der Waals surface area contributed by atoms with E-state index in [4.69, 9.17) is 0 Å². The van der Waals surface area contributed by atoms with Gasteiger partial charge in [0.15, 0.2) is 0 Å². The van der Waals surface area contributed by atoms with Crippen LogP contribution in [0.1, 0.15) is 12.5 Å². The van der Waals surface area contributed by atoms with Gasteiger partial charge in [0.1, 0.15) is 0 Å². The number of hydrogen-bond acceptors (Lipinski definition) is 5. The maximum atomic E-state index is 12.8. The average molecular weight is 363 g/mol. The molecule has 8 nitrogen and oxygen atoms in total. The van der Waals surface area contributed by atoms with Gasteiger partial charge in [-0.05, 0) is 36.8 Å². The van der Waals surface area contributed by atoms with Crippen LogP contribution in [0.5, 0.6) is 0 Å². The summed E-state index contributed by atoms with van der Waals surface area (Å²) in [5, 5.41) is 13.5. The molecule has 9 heteroatoms. The number of nitro groups is 1. The summed E-state index contributed by atoms with van der Waals surface area (Å²) in [7, 11) is -2.57. The van der Waals surface area contributed by atoms with Gasteiger partial charge in [0.2, 0.25) is 5.91 Å². The number of benzene rings is 2. The molecule has 0 aromatic heterocycles. The number of carbonyl (C=O) groups is 1. The minimum Gasteiger partial charge on any atom is -0.326 e. The molecule has 0 spiro atoms. The fourth-order valence-corrected chi connectivity index (χ4v) is 3.50. The van der Waals surface area contributed by atoms with Crippen LogP contribution >= 0.6 is 0 Å². The summed E-state index contributed by atoms with van der Waals surface area (Å²) in [5.74, 6) is -0.264. The molecular weight excluding hydrogens is 346 g/mol. The number of anilines is 2. The molecule has 1 N–H and O–H groups in total. The molecule has 0 unspecified atom stereocenters. The van der Waals surface area contributed by atoms with E-state index < -0.39 is 14.9 Å². The Morgan fingerprint density at radius 2 is 1.76 bits per heavy atom. The highest BCUT2D eigenvalue weighted by Gasteiger charge is 2.24. The van der Waals surface area contributed by atoms with Crippen molar-refractivity contribution in [3.05, 3.63) is 58.1 Å². The third-order valence-corrected chi connectivity index (χ3v) is 5.36. The maximum Gasteiger partial charge on any atom is 0.271 e. The summed E-state index contributed by atoms with van der Waals surface area (Å²) in [6, 6.07) is 9.72. The molecule has 0 heterocycles. The van der Waals surface area contributed by atoms with Crippen LogP contribution < -0.4 is 9.62 Å². The van der Waals surface area contributed by atoms with Crippen molar-refractivity contribution in [2.45, 2.75) is 18.7 Å². The van der Waals surface area contributed by atoms with E-state index in [1.807, 2.05) is 0 Å². The number of nitrogens with one attached hydrogen (secondary N) is 1. The molecule has 0 atom stereocenters. The van der Waals surface area contributed by atoms with Crippen molar-refractivity contribution >= 4 is 33.0 Å². The summed E-state index contributed by atoms with van der Waals surface area (Å²) in [6.45, 7) is 3.02. The predicted octanol–water partition coefficient (Wildman–Crippen LogP) is 2.69. The number of nitrogens with zero attached hydrogens (tertiary/aromatic N) is 2. The topological polar surface area (TPSA) is 110 Å². The molecular formula is C16H17N3O5S. The Balaban J connectivity index is 2.40. The van der Waals surface area contributed by atoms with Crippen molar-refractivity contribution in [1.29, 1.82) is 0 Å². The van der Waals surface area contributed by atoms with E-state index in [-0.39, 0.29) is 22.2 Å². The van der Waals surface area contributed by atoms with Crippen molar-refractivity contribution in [3.63, 3.8) is 0 Å². The summed E-state index contributed by atoms with van der Waals surface area (Å²) < 4.78 is 26.5. The minimum absolute atomic E-state index is 0.00927. The highest BCUT2D eigenvalue weighted by molar-refractivity contribution is 7.92. The molecule has 25 heavy (non-hydrogen) atoms. The van der Waals surface area contributed by atoms with E-state index in [9.17, 15) is 23.3 Å². The number of hydrogen-bond donors (Lipinski definition) is 1. The van der Waals surface area contributed by atoms with E-state index >= 15 is 0 Å².